The first-order valence-corrected chi connectivity index (χ1v) is 7.65. The Hall–Kier alpha value is -2.14. The molecule has 1 saturated heterocycles. The minimum atomic E-state index is 0.753. The van der Waals surface area contributed by atoms with Crippen molar-refractivity contribution in [3.8, 4) is 0 Å². The van der Waals surface area contributed by atoms with Crippen molar-refractivity contribution in [3.05, 3.63) is 41.2 Å². The number of rotatable bonds is 3. The summed E-state index contributed by atoms with van der Waals surface area (Å²) in [5.74, 6) is 2.57. The third kappa shape index (κ3) is 3.20. The van der Waals surface area contributed by atoms with Gasteiger partial charge in [0.2, 0.25) is 0 Å². The largest absolute Gasteiger partial charge is 0.378 e. The molecule has 1 aliphatic rings. The first-order chi connectivity index (χ1) is 10.6. The monoisotopic (exact) mass is 298 g/mol. The maximum atomic E-state index is 5.41. The molecule has 1 aliphatic heterocycles. The Balaban J connectivity index is 1.87. The van der Waals surface area contributed by atoms with Gasteiger partial charge in [0.15, 0.2) is 0 Å². The Bertz CT molecular complexity index is 666. The molecular weight excluding hydrogens is 276 g/mol. The molecule has 0 atom stereocenters. The van der Waals surface area contributed by atoms with E-state index in [2.05, 4.69) is 52.2 Å². The fourth-order valence-corrected chi connectivity index (χ4v) is 2.59. The predicted molar refractivity (Wildman–Crippen MR) is 89.0 cm³/mol. The van der Waals surface area contributed by atoms with Crippen LogP contribution in [0.5, 0.6) is 0 Å². The van der Waals surface area contributed by atoms with Crippen LogP contribution in [0.3, 0.4) is 0 Å². The number of hydrogen-bond acceptors (Lipinski definition) is 5. The summed E-state index contributed by atoms with van der Waals surface area (Å²) < 4.78 is 5.41. The van der Waals surface area contributed by atoms with E-state index < -0.39 is 0 Å². The number of hydrogen-bond donors (Lipinski definition) is 1. The molecule has 0 bridgehead atoms. The number of benzene rings is 1. The quantitative estimate of drug-likeness (QED) is 0.944. The molecule has 1 aromatic heterocycles. The number of morpholine rings is 1. The fraction of sp³-hybridized carbons (Fsp3) is 0.412. The maximum absolute atomic E-state index is 5.41. The van der Waals surface area contributed by atoms with Gasteiger partial charge in [-0.05, 0) is 38.0 Å². The summed E-state index contributed by atoms with van der Waals surface area (Å²) in [5.41, 5.74) is 3.60. The van der Waals surface area contributed by atoms with Crippen molar-refractivity contribution in [1.82, 2.24) is 9.97 Å². The van der Waals surface area contributed by atoms with E-state index in [1.807, 2.05) is 13.0 Å². The van der Waals surface area contributed by atoms with E-state index >= 15 is 0 Å². The lowest BCUT2D eigenvalue weighted by Crippen LogP contribution is -2.36. The zero-order valence-corrected chi connectivity index (χ0v) is 13.4. The van der Waals surface area contributed by atoms with Gasteiger partial charge in [-0.3, -0.25) is 0 Å². The van der Waals surface area contributed by atoms with Gasteiger partial charge in [0.05, 0.1) is 13.2 Å². The van der Waals surface area contributed by atoms with Crippen LogP contribution in [-0.4, -0.2) is 36.3 Å². The maximum Gasteiger partial charge on any atom is 0.136 e. The lowest BCUT2D eigenvalue weighted by molar-refractivity contribution is 0.122. The molecule has 0 amide bonds. The molecule has 1 N–H and O–H groups in total. The van der Waals surface area contributed by atoms with Crippen molar-refractivity contribution in [2.24, 2.45) is 0 Å². The number of aryl methyl sites for hydroxylation is 2. The molecular formula is C17H22N4O. The second-order valence-corrected chi connectivity index (χ2v) is 5.63. The highest BCUT2D eigenvalue weighted by atomic mass is 16.5. The molecule has 0 aliphatic carbocycles. The zero-order chi connectivity index (χ0) is 15.5. The Morgan fingerprint density at radius 1 is 1.09 bits per heavy atom. The minimum Gasteiger partial charge on any atom is -0.378 e. The first kappa shape index (κ1) is 14.8. The van der Waals surface area contributed by atoms with Gasteiger partial charge in [0, 0.05) is 24.8 Å². The Kier molecular flexibility index (Phi) is 4.24. The molecule has 5 nitrogen and oxygen atoms in total. The predicted octanol–water partition coefficient (Wildman–Crippen LogP) is 2.98. The smallest absolute Gasteiger partial charge is 0.136 e. The molecule has 116 valence electrons. The van der Waals surface area contributed by atoms with Crippen molar-refractivity contribution in [3.63, 3.8) is 0 Å². The van der Waals surface area contributed by atoms with E-state index in [0.29, 0.717) is 0 Å². The van der Waals surface area contributed by atoms with Crippen LogP contribution in [0, 0.1) is 20.8 Å². The summed E-state index contributed by atoms with van der Waals surface area (Å²) in [7, 11) is 0. The van der Waals surface area contributed by atoms with E-state index in [9.17, 15) is 0 Å². The van der Waals surface area contributed by atoms with Gasteiger partial charge in [0.25, 0.3) is 0 Å². The first-order valence-electron chi connectivity index (χ1n) is 7.65. The van der Waals surface area contributed by atoms with Crippen LogP contribution in [0.1, 0.15) is 17.0 Å². The van der Waals surface area contributed by atoms with Crippen LogP contribution in [0.15, 0.2) is 24.3 Å². The number of ether oxygens (including phenoxy) is 1. The normalized spacial score (nSPS) is 15.0. The molecule has 3 rings (SSSR count). The van der Waals surface area contributed by atoms with E-state index in [1.54, 1.807) is 0 Å². The summed E-state index contributed by atoms with van der Waals surface area (Å²) in [6.45, 7) is 9.42. The van der Waals surface area contributed by atoms with E-state index in [0.717, 1.165) is 49.5 Å². The lowest BCUT2D eigenvalue weighted by Gasteiger charge is -2.28. The summed E-state index contributed by atoms with van der Waals surface area (Å²) >= 11 is 0. The Labute approximate surface area is 131 Å². The van der Waals surface area contributed by atoms with E-state index in [-0.39, 0.29) is 0 Å². The molecule has 0 unspecified atom stereocenters. The molecule has 1 fully saturated rings. The van der Waals surface area contributed by atoms with Gasteiger partial charge in [-0.25, -0.2) is 9.97 Å². The number of anilines is 3. The Morgan fingerprint density at radius 3 is 2.64 bits per heavy atom. The van der Waals surface area contributed by atoms with Gasteiger partial charge in [-0.15, -0.1) is 0 Å². The van der Waals surface area contributed by atoms with Crippen LogP contribution in [0.4, 0.5) is 17.3 Å². The average Bonchev–Trinajstić information content (AvgIpc) is 2.52. The van der Waals surface area contributed by atoms with Gasteiger partial charge in [-0.2, -0.15) is 0 Å². The standard InChI is InChI=1S/C17H22N4O/c1-12-5-4-6-15(13(12)2)20-16-11-17(19-14(3)18-16)21-7-9-22-10-8-21/h4-6,11H,7-10H2,1-3H3,(H,18,19,20). The van der Waals surface area contributed by atoms with Crippen molar-refractivity contribution in [2.45, 2.75) is 20.8 Å². The summed E-state index contributed by atoms with van der Waals surface area (Å²) in [5, 5.41) is 3.42. The molecule has 2 heterocycles. The van der Waals surface area contributed by atoms with Crippen molar-refractivity contribution >= 4 is 17.3 Å². The van der Waals surface area contributed by atoms with Crippen molar-refractivity contribution in [1.29, 1.82) is 0 Å². The fourth-order valence-electron chi connectivity index (χ4n) is 2.59. The highest BCUT2D eigenvalue weighted by Crippen LogP contribution is 2.24. The third-order valence-electron chi connectivity index (χ3n) is 4.03. The zero-order valence-electron chi connectivity index (χ0n) is 13.4. The summed E-state index contributed by atoms with van der Waals surface area (Å²) in [6.07, 6.45) is 0. The van der Waals surface area contributed by atoms with Crippen LogP contribution in [0.25, 0.3) is 0 Å². The number of aromatic nitrogens is 2. The molecule has 0 saturated carbocycles. The molecule has 5 heteroatoms. The van der Waals surface area contributed by atoms with Crippen LogP contribution in [0.2, 0.25) is 0 Å². The lowest BCUT2D eigenvalue weighted by atomic mass is 10.1. The molecule has 22 heavy (non-hydrogen) atoms. The van der Waals surface area contributed by atoms with Crippen molar-refractivity contribution in [2.75, 3.05) is 36.5 Å². The highest BCUT2D eigenvalue weighted by molar-refractivity contribution is 5.64. The van der Waals surface area contributed by atoms with E-state index in [4.69, 9.17) is 4.74 Å². The average molecular weight is 298 g/mol. The highest BCUT2D eigenvalue weighted by Gasteiger charge is 2.14. The molecule has 2 aromatic rings. The van der Waals surface area contributed by atoms with Gasteiger partial charge in [-0.1, -0.05) is 12.1 Å². The Morgan fingerprint density at radius 2 is 1.86 bits per heavy atom. The second-order valence-electron chi connectivity index (χ2n) is 5.63. The van der Waals surface area contributed by atoms with E-state index in [1.165, 1.54) is 11.1 Å². The van der Waals surface area contributed by atoms with Crippen LogP contribution < -0.4 is 10.2 Å². The number of nitrogens with one attached hydrogen (secondary N) is 1. The summed E-state index contributed by atoms with van der Waals surface area (Å²) in [6, 6.07) is 8.26. The summed E-state index contributed by atoms with van der Waals surface area (Å²) in [4.78, 5) is 11.3. The van der Waals surface area contributed by atoms with Crippen LogP contribution in [-0.2, 0) is 4.74 Å². The molecule has 0 spiro atoms. The van der Waals surface area contributed by atoms with Crippen molar-refractivity contribution < 1.29 is 4.74 Å². The van der Waals surface area contributed by atoms with Crippen LogP contribution >= 0.6 is 0 Å². The molecule has 0 radical (unpaired) electrons. The SMILES string of the molecule is Cc1nc(Nc2cccc(C)c2C)cc(N2CCOCC2)n1. The van der Waals surface area contributed by atoms with Gasteiger partial charge in [0.1, 0.15) is 17.5 Å². The van der Waals surface area contributed by atoms with Gasteiger partial charge < -0.3 is 15.0 Å². The number of nitrogens with zero attached hydrogens (tertiary/aromatic N) is 3. The minimum absolute atomic E-state index is 0.753. The molecule has 1 aromatic carbocycles. The third-order valence-corrected chi connectivity index (χ3v) is 4.03. The topological polar surface area (TPSA) is 50.3 Å². The van der Waals surface area contributed by atoms with Gasteiger partial charge >= 0.3 is 0 Å². The second kappa shape index (κ2) is 6.32.